The summed E-state index contributed by atoms with van der Waals surface area (Å²) in [4.78, 5) is 8.87. The zero-order valence-electron chi connectivity index (χ0n) is 12.9. The average Bonchev–Trinajstić information content (AvgIpc) is 2.52. The number of thioether (sulfide) groups is 1. The van der Waals surface area contributed by atoms with Gasteiger partial charge in [-0.15, -0.1) is 0 Å². The molecule has 0 fully saturated rings. The normalized spacial score (nSPS) is 10.5. The Bertz CT molecular complexity index is 616. The van der Waals surface area contributed by atoms with Crippen molar-refractivity contribution >= 4 is 17.6 Å². The Morgan fingerprint density at radius 1 is 1.33 bits per heavy atom. The van der Waals surface area contributed by atoms with Crippen LogP contribution in [0.15, 0.2) is 29.6 Å². The van der Waals surface area contributed by atoms with Gasteiger partial charge in [0, 0.05) is 18.3 Å². The molecule has 1 aromatic heterocycles. The van der Waals surface area contributed by atoms with Crippen LogP contribution < -0.4 is 10.1 Å². The molecule has 0 saturated carbocycles. The van der Waals surface area contributed by atoms with E-state index in [0.29, 0.717) is 0 Å². The van der Waals surface area contributed by atoms with Gasteiger partial charge in [0.1, 0.15) is 11.6 Å². The number of benzene rings is 1. The molecular weight excluding hydrogens is 282 g/mol. The maximum atomic E-state index is 5.29. The highest BCUT2D eigenvalue weighted by molar-refractivity contribution is 7.98. The first-order valence-corrected chi connectivity index (χ1v) is 8.17. The highest BCUT2D eigenvalue weighted by Crippen LogP contribution is 2.21. The zero-order valence-corrected chi connectivity index (χ0v) is 13.8. The van der Waals surface area contributed by atoms with E-state index in [1.54, 1.807) is 18.9 Å². The van der Waals surface area contributed by atoms with Crippen LogP contribution in [0.2, 0.25) is 0 Å². The monoisotopic (exact) mass is 303 g/mol. The summed E-state index contributed by atoms with van der Waals surface area (Å²) in [6, 6.07) is 6.20. The Kier molecular flexibility index (Phi) is 5.44. The van der Waals surface area contributed by atoms with Gasteiger partial charge in [-0.3, -0.25) is 0 Å². The topological polar surface area (TPSA) is 47.0 Å². The van der Waals surface area contributed by atoms with Crippen LogP contribution in [-0.4, -0.2) is 23.3 Å². The lowest BCUT2D eigenvalue weighted by atomic mass is 10.1. The van der Waals surface area contributed by atoms with Gasteiger partial charge < -0.3 is 10.1 Å². The molecule has 112 valence electrons. The van der Waals surface area contributed by atoms with Crippen molar-refractivity contribution in [1.29, 1.82) is 0 Å². The third-order valence-corrected chi connectivity index (χ3v) is 3.89. The predicted molar refractivity (Wildman–Crippen MR) is 88.2 cm³/mol. The lowest BCUT2D eigenvalue weighted by molar-refractivity contribution is 0.411. The van der Waals surface area contributed by atoms with Crippen LogP contribution in [0.5, 0.6) is 5.75 Å². The number of rotatable bonds is 6. The van der Waals surface area contributed by atoms with Crippen molar-refractivity contribution in [2.75, 3.05) is 18.7 Å². The van der Waals surface area contributed by atoms with E-state index in [0.717, 1.165) is 40.8 Å². The summed E-state index contributed by atoms with van der Waals surface area (Å²) in [7, 11) is 1.69. The fraction of sp³-hybridized carbons (Fsp3) is 0.375. The van der Waals surface area contributed by atoms with Crippen molar-refractivity contribution in [3.05, 3.63) is 41.1 Å². The van der Waals surface area contributed by atoms with Gasteiger partial charge in [-0.1, -0.05) is 30.8 Å². The summed E-state index contributed by atoms with van der Waals surface area (Å²) in [6.45, 7) is 4.90. The van der Waals surface area contributed by atoms with E-state index in [1.807, 2.05) is 18.5 Å². The fourth-order valence-corrected chi connectivity index (χ4v) is 2.48. The first-order chi connectivity index (χ1) is 10.2. The number of anilines is 1. The minimum atomic E-state index is 0.739. The molecule has 0 unspecified atom stereocenters. The number of ether oxygens (including phenoxy) is 1. The van der Waals surface area contributed by atoms with Gasteiger partial charge in [-0.2, -0.15) is 0 Å². The first-order valence-electron chi connectivity index (χ1n) is 6.95. The maximum Gasteiger partial charge on any atom is 0.189 e. The molecule has 1 heterocycles. The molecule has 4 nitrogen and oxygen atoms in total. The number of aryl methyl sites for hydroxylation is 2. The lowest BCUT2D eigenvalue weighted by Gasteiger charge is -2.12. The molecule has 0 bridgehead atoms. The van der Waals surface area contributed by atoms with Crippen LogP contribution in [0.1, 0.15) is 23.6 Å². The third-order valence-electron chi connectivity index (χ3n) is 3.33. The summed E-state index contributed by atoms with van der Waals surface area (Å²) in [5.41, 5.74) is 3.48. The second-order valence-corrected chi connectivity index (χ2v) is 5.52. The smallest absolute Gasteiger partial charge is 0.189 e. The van der Waals surface area contributed by atoms with Gasteiger partial charge in [0.25, 0.3) is 0 Å². The number of nitrogens with one attached hydrogen (secondary N) is 1. The molecule has 0 radical (unpaired) electrons. The summed E-state index contributed by atoms with van der Waals surface area (Å²) >= 11 is 1.55. The van der Waals surface area contributed by atoms with Gasteiger partial charge in [0.15, 0.2) is 5.16 Å². The minimum Gasteiger partial charge on any atom is -0.496 e. The van der Waals surface area contributed by atoms with Crippen LogP contribution >= 0.6 is 11.8 Å². The molecule has 1 N–H and O–H groups in total. The molecule has 5 heteroatoms. The van der Waals surface area contributed by atoms with Crippen molar-refractivity contribution in [1.82, 2.24) is 9.97 Å². The predicted octanol–water partition coefficient (Wildman–Crippen LogP) is 3.69. The van der Waals surface area contributed by atoms with Crippen molar-refractivity contribution in [3.8, 4) is 5.75 Å². The standard InChI is InChI=1S/C16H21N3OS/c1-5-13-10-18-16(21-4)19-15(13)17-9-12-6-7-14(20-3)11(2)8-12/h6-8,10H,5,9H2,1-4H3,(H,17,18,19). The summed E-state index contributed by atoms with van der Waals surface area (Å²) in [5.74, 6) is 1.84. The van der Waals surface area contributed by atoms with E-state index in [4.69, 9.17) is 4.74 Å². The fourth-order valence-electron chi connectivity index (χ4n) is 2.14. The van der Waals surface area contributed by atoms with Crippen LogP contribution in [0.25, 0.3) is 0 Å². The lowest BCUT2D eigenvalue weighted by Crippen LogP contribution is -2.06. The second kappa shape index (κ2) is 7.31. The summed E-state index contributed by atoms with van der Waals surface area (Å²) in [5, 5.41) is 4.21. The van der Waals surface area contributed by atoms with Crippen LogP contribution in [0.3, 0.4) is 0 Å². The van der Waals surface area contributed by atoms with E-state index < -0.39 is 0 Å². The minimum absolute atomic E-state index is 0.739. The number of aromatic nitrogens is 2. The Labute approximate surface area is 130 Å². The largest absolute Gasteiger partial charge is 0.496 e. The number of methoxy groups -OCH3 is 1. The van der Waals surface area contributed by atoms with Crippen molar-refractivity contribution in [3.63, 3.8) is 0 Å². The van der Waals surface area contributed by atoms with Crippen molar-refractivity contribution in [2.24, 2.45) is 0 Å². The molecule has 0 aliphatic rings. The average molecular weight is 303 g/mol. The molecule has 0 saturated heterocycles. The molecule has 0 aliphatic heterocycles. The summed E-state index contributed by atoms with van der Waals surface area (Å²) in [6.07, 6.45) is 4.80. The highest BCUT2D eigenvalue weighted by Gasteiger charge is 2.06. The van der Waals surface area contributed by atoms with Crippen LogP contribution in [0, 0.1) is 6.92 Å². The zero-order chi connectivity index (χ0) is 15.2. The molecular formula is C16H21N3OS. The van der Waals surface area contributed by atoms with Crippen molar-refractivity contribution < 1.29 is 4.74 Å². The third kappa shape index (κ3) is 3.88. The Morgan fingerprint density at radius 3 is 2.76 bits per heavy atom. The van der Waals surface area contributed by atoms with Crippen LogP contribution in [0.4, 0.5) is 5.82 Å². The number of nitrogens with zero attached hydrogens (tertiary/aromatic N) is 2. The summed E-state index contributed by atoms with van der Waals surface area (Å²) < 4.78 is 5.29. The second-order valence-electron chi connectivity index (χ2n) is 4.74. The molecule has 21 heavy (non-hydrogen) atoms. The Balaban J connectivity index is 2.13. The van der Waals surface area contributed by atoms with E-state index in [1.165, 1.54) is 5.56 Å². The first kappa shape index (κ1) is 15.6. The van der Waals surface area contributed by atoms with E-state index in [2.05, 4.69) is 41.3 Å². The van der Waals surface area contributed by atoms with E-state index >= 15 is 0 Å². The van der Waals surface area contributed by atoms with Gasteiger partial charge in [0.2, 0.25) is 0 Å². The van der Waals surface area contributed by atoms with Gasteiger partial charge >= 0.3 is 0 Å². The molecule has 0 atom stereocenters. The highest BCUT2D eigenvalue weighted by atomic mass is 32.2. The Hall–Kier alpha value is -1.75. The quantitative estimate of drug-likeness (QED) is 0.651. The Morgan fingerprint density at radius 2 is 2.14 bits per heavy atom. The van der Waals surface area contributed by atoms with Gasteiger partial charge in [0.05, 0.1) is 7.11 Å². The molecule has 0 spiro atoms. The van der Waals surface area contributed by atoms with Gasteiger partial charge in [-0.25, -0.2) is 9.97 Å². The van der Waals surface area contributed by atoms with E-state index in [9.17, 15) is 0 Å². The molecule has 2 aromatic rings. The van der Waals surface area contributed by atoms with Crippen LogP contribution in [-0.2, 0) is 13.0 Å². The SMILES string of the molecule is CCc1cnc(SC)nc1NCc1ccc(OC)c(C)c1. The molecule has 0 aliphatic carbocycles. The molecule has 0 amide bonds. The van der Waals surface area contributed by atoms with E-state index in [-0.39, 0.29) is 0 Å². The molecule has 1 aromatic carbocycles. The number of hydrogen-bond acceptors (Lipinski definition) is 5. The van der Waals surface area contributed by atoms with Gasteiger partial charge in [-0.05, 0) is 36.8 Å². The number of hydrogen-bond donors (Lipinski definition) is 1. The van der Waals surface area contributed by atoms with Crippen molar-refractivity contribution in [2.45, 2.75) is 32.0 Å². The molecule has 2 rings (SSSR count). The maximum absolute atomic E-state index is 5.29.